The topological polar surface area (TPSA) is 38.3 Å². The Kier molecular flexibility index (Phi) is 6.40. The van der Waals surface area contributed by atoms with Gasteiger partial charge in [0.2, 0.25) is 0 Å². The molecule has 112 valence electrons. The van der Waals surface area contributed by atoms with E-state index in [0.29, 0.717) is 17.9 Å². The standard InChI is InChI=1S/C16H25NO2S/c1-12(2)19-14-9-7-6-8-13(14)15(18)17-10-11-20-16(3,4)5/h6-9,12H,10-11H2,1-5H3,(H,17,18). The maximum atomic E-state index is 12.2. The number of hydrogen-bond acceptors (Lipinski definition) is 3. The first kappa shape index (κ1) is 16.9. The third kappa shape index (κ3) is 6.33. The lowest BCUT2D eigenvalue weighted by Crippen LogP contribution is -2.27. The van der Waals surface area contributed by atoms with Gasteiger partial charge in [0.1, 0.15) is 5.75 Å². The van der Waals surface area contributed by atoms with Crippen LogP contribution in [0.2, 0.25) is 0 Å². The zero-order valence-corrected chi connectivity index (χ0v) is 13.8. The number of carbonyl (C=O) groups excluding carboxylic acids is 1. The minimum atomic E-state index is -0.0734. The van der Waals surface area contributed by atoms with Gasteiger partial charge in [-0.25, -0.2) is 0 Å². The molecule has 3 nitrogen and oxygen atoms in total. The van der Waals surface area contributed by atoms with E-state index in [4.69, 9.17) is 4.74 Å². The summed E-state index contributed by atoms with van der Waals surface area (Å²) in [6, 6.07) is 7.36. The van der Waals surface area contributed by atoms with E-state index in [1.165, 1.54) is 0 Å². The molecule has 0 spiro atoms. The summed E-state index contributed by atoms with van der Waals surface area (Å²) in [5.41, 5.74) is 0.599. The van der Waals surface area contributed by atoms with Gasteiger partial charge in [-0.1, -0.05) is 32.9 Å². The molecule has 0 fully saturated rings. The molecule has 0 heterocycles. The monoisotopic (exact) mass is 295 g/mol. The van der Waals surface area contributed by atoms with Gasteiger partial charge in [-0.05, 0) is 26.0 Å². The Morgan fingerprint density at radius 2 is 1.95 bits per heavy atom. The molecule has 1 rings (SSSR count). The van der Waals surface area contributed by atoms with Crippen LogP contribution in [0.25, 0.3) is 0 Å². The smallest absolute Gasteiger partial charge is 0.255 e. The first-order chi connectivity index (χ1) is 9.29. The fourth-order valence-electron chi connectivity index (χ4n) is 1.63. The van der Waals surface area contributed by atoms with Crippen molar-refractivity contribution in [1.29, 1.82) is 0 Å². The van der Waals surface area contributed by atoms with E-state index in [1.807, 2.05) is 43.8 Å². The molecule has 0 aromatic heterocycles. The van der Waals surface area contributed by atoms with Gasteiger partial charge in [0, 0.05) is 17.0 Å². The maximum Gasteiger partial charge on any atom is 0.255 e. The summed E-state index contributed by atoms with van der Waals surface area (Å²) in [4.78, 5) is 12.2. The highest BCUT2D eigenvalue weighted by Crippen LogP contribution is 2.22. The molecule has 0 aliphatic carbocycles. The molecule has 0 aliphatic rings. The molecule has 0 atom stereocenters. The largest absolute Gasteiger partial charge is 0.490 e. The highest BCUT2D eigenvalue weighted by molar-refractivity contribution is 8.00. The van der Waals surface area contributed by atoms with Crippen LogP contribution in [-0.2, 0) is 0 Å². The van der Waals surface area contributed by atoms with Crippen LogP contribution in [0.4, 0.5) is 0 Å². The SMILES string of the molecule is CC(C)Oc1ccccc1C(=O)NCCSC(C)(C)C. The number of carbonyl (C=O) groups is 1. The van der Waals surface area contributed by atoms with E-state index in [0.717, 1.165) is 5.75 Å². The van der Waals surface area contributed by atoms with Gasteiger partial charge in [0.15, 0.2) is 0 Å². The normalized spacial score (nSPS) is 11.5. The quantitative estimate of drug-likeness (QED) is 0.813. The van der Waals surface area contributed by atoms with Crippen molar-refractivity contribution in [3.05, 3.63) is 29.8 Å². The summed E-state index contributed by atoms with van der Waals surface area (Å²) < 4.78 is 5.89. The number of para-hydroxylation sites is 1. The van der Waals surface area contributed by atoms with E-state index in [1.54, 1.807) is 6.07 Å². The first-order valence-electron chi connectivity index (χ1n) is 6.97. The summed E-state index contributed by atoms with van der Waals surface area (Å²) in [7, 11) is 0. The third-order valence-electron chi connectivity index (χ3n) is 2.42. The van der Waals surface area contributed by atoms with Crippen LogP contribution < -0.4 is 10.1 Å². The van der Waals surface area contributed by atoms with Crippen LogP contribution in [0.15, 0.2) is 24.3 Å². The van der Waals surface area contributed by atoms with Gasteiger partial charge in [-0.15, -0.1) is 0 Å². The van der Waals surface area contributed by atoms with Crippen molar-refractivity contribution in [2.75, 3.05) is 12.3 Å². The summed E-state index contributed by atoms with van der Waals surface area (Å²) in [5.74, 6) is 1.47. The second-order valence-electron chi connectivity index (χ2n) is 5.88. The van der Waals surface area contributed by atoms with Crippen molar-refractivity contribution in [3.63, 3.8) is 0 Å². The van der Waals surface area contributed by atoms with Crippen LogP contribution >= 0.6 is 11.8 Å². The van der Waals surface area contributed by atoms with Crippen molar-refractivity contribution in [2.45, 2.75) is 45.5 Å². The van der Waals surface area contributed by atoms with Crippen molar-refractivity contribution in [2.24, 2.45) is 0 Å². The van der Waals surface area contributed by atoms with Crippen molar-refractivity contribution < 1.29 is 9.53 Å². The summed E-state index contributed by atoms with van der Waals surface area (Å²) in [5, 5.41) is 2.95. The molecule has 0 unspecified atom stereocenters. The first-order valence-corrected chi connectivity index (χ1v) is 7.96. The van der Waals surface area contributed by atoms with E-state index in [9.17, 15) is 4.79 Å². The second-order valence-corrected chi connectivity index (χ2v) is 7.80. The minimum Gasteiger partial charge on any atom is -0.490 e. The van der Waals surface area contributed by atoms with Crippen LogP contribution in [-0.4, -0.2) is 29.1 Å². The third-order valence-corrected chi connectivity index (χ3v) is 3.69. The van der Waals surface area contributed by atoms with Crippen LogP contribution in [0.3, 0.4) is 0 Å². The van der Waals surface area contributed by atoms with Crippen LogP contribution in [0.5, 0.6) is 5.75 Å². The Morgan fingerprint density at radius 3 is 2.55 bits per heavy atom. The molecule has 0 saturated carbocycles. The zero-order valence-electron chi connectivity index (χ0n) is 13.0. The van der Waals surface area contributed by atoms with Gasteiger partial charge >= 0.3 is 0 Å². The molecule has 1 amide bonds. The molecule has 0 aliphatic heterocycles. The maximum absolute atomic E-state index is 12.2. The van der Waals surface area contributed by atoms with E-state index >= 15 is 0 Å². The molecule has 0 bridgehead atoms. The molecular weight excluding hydrogens is 270 g/mol. The fraction of sp³-hybridized carbons (Fsp3) is 0.562. The zero-order chi connectivity index (χ0) is 15.2. The molecule has 1 N–H and O–H groups in total. The molecular formula is C16H25NO2S. The summed E-state index contributed by atoms with van der Waals surface area (Å²) in [6.45, 7) is 11.1. The number of ether oxygens (including phenoxy) is 1. The fourth-order valence-corrected chi connectivity index (χ4v) is 2.44. The average molecular weight is 295 g/mol. The average Bonchev–Trinajstić information content (AvgIpc) is 2.33. The van der Waals surface area contributed by atoms with Gasteiger partial charge in [-0.3, -0.25) is 4.79 Å². The number of benzene rings is 1. The molecule has 0 saturated heterocycles. The van der Waals surface area contributed by atoms with E-state index in [-0.39, 0.29) is 16.8 Å². The number of hydrogen-bond donors (Lipinski definition) is 1. The van der Waals surface area contributed by atoms with Gasteiger partial charge in [0.25, 0.3) is 5.91 Å². The van der Waals surface area contributed by atoms with Gasteiger partial charge in [-0.2, -0.15) is 11.8 Å². The highest BCUT2D eigenvalue weighted by Gasteiger charge is 2.14. The summed E-state index contributed by atoms with van der Waals surface area (Å²) in [6.07, 6.45) is 0.0559. The van der Waals surface area contributed by atoms with Crippen molar-refractivity contribution >= 4 is 17.7 Å². The predicted octanol–water partition coefficient (Wildman–Crippen LogP) is 3.74. The number of thioether (sulfide) groups is 1. The molecule has 0 radical (unpaired) electrons. The van der Waals surface area contributed by atoms with Gasteiger partial charge in [0.05, 0.1) is 11.7 Å². The highest BCUT2D eigenvalue weighted by atomic mass is 32.2. The lowest BCUT2D eigenvalue weighted by molar-refractivity contribution is 0.0950. The van der Waals surface area contributed by atoms with Crippen molar-refractivity contribution in [3.8, 4) is 5.75 Å². The van der Waals surface area contributed by atoms with E-state index < -0.39 is 0 Å². The molecule has 1 aromatic carbocycles. The lowest BCUT2D eigenvalue weighted by atomic mass is 10.2. The minimum absolute atomic E-state index is 0.0559. The Hall–Kier alpha value is -1.16. The van der Waals surface area contributed by atoms with Crippen molar-refractivity contribution in [1.82, 2.24) is 5.32 Å². The Labute approximate surface area is 126 Å². The molecule has 4 heteroatoms. The van der Waals surface area contributed by atoms with Crippen LogP contribution in [0, 0.1) is 0 Å². The number of nitrogens with one attached hydrogen (secondary N) is 1. The van der Waals surface area contributed by atoms with Crippen LogP contribution in [0.1, 0.15) is 45.0 Å². The summed E-state index contributed by atoms with van der Waals surface area (Å²) >= 11 is 1.84. The molecule has 1 aromatic rings. The Morgan fingerprint density at radius 1 is 1.30 bits per heavy atom. The predicted molar refractivity (Wildman–Crippen MR) is 86.8 cm³/mol. The second kappa shape index (κ2) is 7.58. The lowest BCUT2D eigenvalue weighted by Gasteiger charge is -2.18. The Balaban J connectivity index is 2.55. The number of amides is 1. The molecule has 20 heavy (non-hydrogen) atoms. The number of rotatable bonds is 6. The van der Waals surface area contributed by atoms with Gasteiger partial charge < -0.3 is 10.1 Å². The Bertz CT molecular complexity index is 438. The van der Waals surface area contributed by atoms with E-state index in [2.05, 4.69) is 26.1 Å².